The fourth-order valence-electron chi connectivity index (χ4n) is 17.4. The van der Waals surface area contributed by atoms with Gasteiger partial charge < -0.3 is 104 Å². The van der Waals surface area contributed by atoms with Crippen LogP contribution in [-0.4, -0.2) is 223 Å². The summed E-state index contributed by atoms with van der Waals surface area (Å²) < 4.78 is 56.0. The van der Waals surface area contributed by atoms with Crippen molar-refractivity contribution in [2.75, 3.05) is 33.0 Å². The van der Waals surface area contributed by atoms with Crippen LogP contribution in [0.3, 0.4) is 0 Å². The maximum atomic E-state index is 12.4. The Morgan fingerprint density at radius 2 is 1.12 bits per heavy atom. The Bertz CT molecular complexity index is 1960. The van der Waals surface area contributed by atoms with Crippen molar-refractivity contribution >= 4 is 0 Å². The lowest BCUT2D eigenvalue weighted by Crippen LogP contribution is -2.74. The Balaban J connectivity index is 0.900. The van der Waals surface area contributed by atoms with Crippen molar-refractivity contribution in [2.45, 2.75) is 241 Å². The van der Waals surface area contributed by atoms with Crippen LogP contribution < -0.4 is 0 Å². The molecular weight excluding hydrogens is 961 g/mol. The molecule has 28 atom stereocenters. The number of aliphatic hydroxyl groups excluding tert-OH is 12. The van der Waals surface area contributed by atoms with Gasteiger partial charge in [-0.05, 0) is 104 Å². The Morgan fingerprint density at radius 3 is 1.82 bits per heavy atom. The van der Waals surface area contributed by atoms with Crippen LogP contribution in [-0.2, 0) is 42.6 Å². The van der Waals surface area contributed by atoms with E-state index in [0.717, 1.165) is 57.8 Å². The van der Waals surface area contributed by atoms with Crippen molar-refractivity contribution in [3.05, 3.63) is 0 Å². The molecule has 21 heteroatoms. The lowest BCUT2D eigenvalue weighted by molar-refractivity contribution is -0.392. The van der Waals surface area contributed by atoms with Crippen molar-refractivity contribution < 1.29 is 104 Å². The van der Waals surface area contributed by atoms with Crippen LogP contribution in [0.4, 0.5) is 0 Å². The summed E-state index contributed by atoms with van der Waals surface area (Å²) >= 11 is 0. The first-order chi connectivity index (χ1) is 34.2. The van der Waals surface area contributed by atoms with Crippen molar-refractivity contribution in [1.82, 2.24) is 0 Å². The SMILES string of the molecule is CC1(C)CCC23COC4(CCC5C6(C)CCC(OC7OCC(OC8OC(CO)C(O)C(O)C8OC8OCC(O)C(O)C8O)C(O)C7OC7OC(CO)C(O)C(O)C7O)C(C)(C)C6CCC5(C)C4(C)CC2O)C3C1. The van der Waals surface area contributed by atoms with Crippen LogP contribution in [0.15, 0.2) is 0 Å². The summed E-state index contributed by atoms with van der Waals surface area (Å²) in [7, 11) is 0. The Hall–Kier alpha value is -0.840. The molecule has 2 bridgehead atoms. The summed E-state index contributed by atoms with van der Waals surface area (Å²) in [5.41, 5.74) is -1.30. The fraction of sp³-hybridized carbons (Fsp3) is 1.00. The largest absolute Gasteiger partial charge is 0.394 e. The average molecular weight is 1050 g/mol. The number of ether oxygens (including phenoxy) is 9. The van der Waals surface area contributed by atoms with E-state index in [2.05, 4.69) is 48.5 Å². The number of rotatable bonds is 10. The third kappa shape index (κ3) is 8.41. The first-order valence-corrected chi connectivity index (χ1v) is 27.1. The van der Waals surface area contributed by atoms with Gasteiger partial charge in [0.05, 0.1) is 50.8 Å². The molecule has 21 nitrogen and oxygen atoms in total. The third-order valence-corrected chi connectivity index (χ3v) is 21.9. The van der Waals surface area contributed by atoms with E-state index in [1.54, 1.807) is 0 Å². The van der Waals surface area contributed by atoms with Crippen molar-refractivity contribution in [3.8, 4) is 0 Å². The summed E-state index contributed by atoms with van der Waals surface area (Å²) in [5.74, 6) is 0.799. The second-order valence-electron chi connectivity index (χ2n) is 26.2. The van der Waals surface area contributed by atoms with Crippen LogP contribution in [0.2, 0.25) is 0 Å². The van der Waals surface area contributed by atoms with Crippen LogP contribution in [0.1, 0.15) is 113 Å². The normalized spacial score (nSPS) is 57.5. The van der Waals surface area contributed by atoms with Crippen molar-refractivity contribution in [2.24, 2.45) is 50.2 Å². The van der Waals surface area contributed by atoms with Gasteiger partial charge in [-0.1, -0.05) is 48.5 Å². The molecule has 0 aromatic rings. The molecule has 73 heavy (non-hydrogen) atoms. The van der Waals surface area contributed by atoms with E-state index in [9.17, 15) is 61.3 Å². The number of fused-ring (bicyclic) bond motifs is 4. The van der Waals surface area contributed by atoms with Gasteiger partial charge >= 0.3 is 0 Å². The van der Waals surface area contributed by atoms with Gasteiger partial charge in [0.2, 0.25) is 0 Å². The van der Waals surface area contributed by atoms with Gasteiger partial charge in [0, 0.05) is 10.8 Å². The zero-order valence-corrected chi connectivity index (χ0v) is 43.4. The van der Waals surface area contributed by atoms with Gasteiger partial charge in [-0.15, -0.1) is 0 Å². The smallest absolute Gasteiger partial charge is 0.187 e. The van der Waals surface area contributed by atoms with E-state index in [4.69, 9.17) is 42.6 Å². The number of aliphatic hydroxyl groups is 12. The molecule has 0 aromatic heterocycles. The van der Waals surface area contributed by atoms with E-state index >= 15 is 0 Å². The number of hydrogen-bond donors (Lipinski definition) is 12. The predicted molar refractivity (Wildman–Crippen MR) is 250 cm³/mol. The predicted octanol–water partition coefficient (Wildman–Crippen LogP) is -1.07. The van der Waals surface area contributed by atoms with Crippen LogP contribution >= 0.6 is 0 Å². The van der Waals surface area contributed by atoms with E-state index in [1.165, 1.54) is 0 Å². The average Bonchev–Trinajstić information content (AvgIpc) is 3.62. The molecule has 420 valence electrons. The van der Waals surface area contributed by atoms with Crippen LogP contribution in [0.25, 0.3) is 0 Å². The van der Waals surface area contributed by atoms with Gasteiger partial charge in [0.15, 0.2) is 25.2 Å². The topological polar surface area (TPSA) is 326 Å². The molecule has 5 aliphatic carbocycles. The zero-order chi connectivity index (χ0) is 52.7. The lowest BCUT2D eigenvalue weighted by atomic mass is 9.30. The van der Waals surface area contributed by atoms with E-state index in [1.807, 2.05) is 0 Å². The van der Waals surface area contributed by atoms with E-state index in [-0.39, 0.29) is 38.6 Å². The molecule has 28 unspecified atom stereocenters. The highest BCUT2D eigenvalue weighted by atomic mass is 16.8. The van der Waals surface area contributed by atoms with Crippen molar-refractivity contribution in [3.63, 3.8) is 0 Å². The molecule has 5 heterocycles. The van der Waals surface area contributed by atoms with Gasteiger partial charge in [0.25, 0.3) is 0 Å². The molecule has 0 aromatic carbocycles. The molecule has 10 fully saturated rings. The lowest BCUT2D eigenvalue weighted by Gasteiger charge is -2.75. The van der Waals surface area contributed by atoms with Crippen LogP contribution in [0, 0.1) is 50.2 Å². The molecule has 1 spiro atoms. The highest BCUT2D eigenvalue weighted by Gasteiger charge is 2.80. The minimum absolute atomic E-state index is 0.122. The first-order valence-electron chi connectivity index (χ1n) is 27.1. The quantitative estimate of drug-likeness (QED) is 0.116. The Morgan fingerprint density at radius 1 is 0.507 bits per heavy atom. The molecule has 0 amide bonds. The van der Waals surface area contributed by atoms with Gasteiger partial charge in [-0.25, -0.2) is 0 Å². The van der Waals surface area contributed by atoms with Gasteiger partial charge in [-0.3, -0.25) is 0 Å². The van der Waals surface area contributed by atoms with E-state index in [0.29, 0.717) is 24.9 Å². The summed E-state index contributed by atoms with van der Waals surface area (Å²) in [6.45, 7) is 14.8. The van der Waals surface area contributed by atoms with Crippen LogP contribution in [0.5, 0.6) is 0 Å². The molecule has 5 saturated heterocycles. The molecule has 10 rings (SSSR count). The van der Waals surface area contributed by atoms with E-state index < -0.39 is 155 Å². The second kappa shape index (κ2) is 19.5. The summed E-state index contributed by atoms with van der Waals surface area (Å²) in [5, 5.41) is 131. The summed E-state index contributed by atoms with van der Waals surface area (Å²) in [4.78, 5) is 0. The second-order valence-corrected chi connectivity index (χ2v) is 26.2. The number of hydrogen-bond acceptors (Lipinski definition) is 21. The molecule has 5 saturated carbocycles. The van der Waals surface area contributed by atoms with Gasteiger partial charge in [0.1, 0.15) is 85.5 Å². The Labute approximate surface area is 427 Å². The first kappa shape index (κ1) is 55.5. The molecule has 5 aliphatic heterocycles. The zero-order valence-electron chi connectivity index (χ0n) is 43.4. The molecule has 12 N–H and O–H groups in total. The Kier molecular flexibility index (Phi) is 14.8. The highest BCUT2D eigenvalue weighted by Crippen LogP contribution is 2.80. The third-order valence-electron chi connectivity index (χ3n) is 21.9. The maximum absolute atomic E-state index is 12.4. The standard InChI is InChI=1S/C52H86O21/c1-46(2)14-15-51-22-67-52(29(51)16-46)13-9-28-48(5)11-10-31(47(3,4)27(48)8-12-49(28,6)50(52,7)17-30(51)56)71-44-40(73-43-39(64)36(61)33(58)24(18-53)68-43)35(60)26(21-66-44)70-45-41(37(62)34(59)25(19-54)69-45)72-42-38(63)32(57)23(55)20-65-42/h23-45,53-64H,8-22H2,1-7H3. The highest BCUT2D eigenvalue weighted by molar-refractivity contribution is 5.28. The molecule has 0 radical (unpaired) electrons. The monoisotopic (exact) mass is 1050 g/mol. The minimum Gasteiger partial charge on any atom is -0.394 e. The maximum Gasteiger partial charge on any atom is 0.187 e. The minimum atomic E-state index is -1.87. The molecule has 10 aliphatic rings. The summed E-state index contributed by atoms with van der Waals surface area (Å²) in [6, 6.07) is 0. The fourth-order valence-corrected chi connectivity index (χ4v) is 17.4. The van der Waals surface area contributed by atoms with Crippen molar-refractivity contribution in [1.29, 1.82) is 0 Å². The molecular formula is C52H86O21. The van der Waals surface area contributed by atoms with Gasteiger partial charge in [-0.2, -0.15) is 0 Å². The summed E-state index contributed by atoms with van der Waals surface area (Å²) in [6.07, 6.45) is -21.4.